The number of methoxy groups -OCH3 is 1. The first-order valence-electron chi connectivity index (χ1n) is 7.31. The lowest BCUT2D eigenvalue weighted by Crippen LogP contribution is -2.26. The third kappa shape index (κ3) is 6.01. The maximum atomic E-state index is 5.78. The fourth-order valence-electron chi connectivity index (χ4n) is 2.03. The van der Waals surface area contributed by atoms with Crippen LogP contribution in [0.25, 0.3) is 0 Å². The summed E-state index contributed by atoms with van der Waals surface area (Å²) in [5.41, 5.74) is 8.64. The molecule has 0 aromatic heterocycles. The van der Waals surface area contributed by atoms with Crippen LogP contribution in [0, 0.1) is 0 Å². The molecule has 23 heavy (non-hydrogen) atoms. The van der Waals surface area contributed by atoms with E-state index < -0.39 is 0 Å². The number of hydrogen-bond acceptors (Lipinski definition) is 6. The quantitative estimate of drug-likeness (QED) is 0.441. The molecule has 1 aromatic rings. The van der Waals surface area contributed by atoms with Gasteiger partial charge in [-0.05, 0) is 42.4 Å². The molecule has 0 amide bonds. The van der Waals surface area contributed by atoms with Crippen LogP contribution in [0.15, 0.2) is 23.3 Å². The molecule has 0 aliphatic carbocycles. The molecule has 8 heteroatoms. The fraction of sp³-hybridized carbons (Fsp3) is 0.467. The molecule has 0 radical (unpaired) electrons. The normalized spacial score (nSPS) is 15.5. The first kappa shape index (κ1) is 17.5. The lowest BCUT2D eigenvalue weighted by atomic mass is 10.2. The van der Waals surface area contributed by atoms with E-state index in [0.29, 0.717) is 24.5 Å². The van der Waals surface area contributed by atoms with E-state index in [2.05, 4.69) is 22.7 Å². The summed E-state index contributed by atoms with van der Waals surface area (Å²) >= 11 is 4.68. The number of rotatable bonds is 7. The van der Waals surface area contributed by atoms with Crippen LogP contribution in [0.5, 0.6) is 11.5 Å². The van der Waals surface area contributed by atoms with E-state index in [-0.39, 0.29) is 11.4 Å². The number of hydrogen-bond donors (Lipinski definition) is 2. The highest BCUT2D eigenvalue weighted by molar-refractivity contribution is 7.80. The number of hydrazone groups is 1. The van der Waals surface area contributed by atoms with Crippen molar-refractivity contribution in [1.82, 2.24) is 5.43 Å². The number of ether oxygens (including phenoxy) is 4. The molecule has 3 N–H and O–H groups in total. The van der Waals surface area contributed by atoms with E-state index in [1.807, 2.05) is 18.2 Å². The number of nitrogens with two attached hydrogens (primary N) is 1. The fourth-order valence-corrected chi connectivity index (χ4v) is 2.08. The van der Waals surface area contributed by atoms with Gasteiger partial charge in [-0.15, -0.1) is 0 Å². The van der Waals surface area contributed by atoms with Crippen molar-refractivity contribution in [3.05, 3.63) is 23.8 Å². The molecule has 1 heterocycles. The number of nitrogens with zero attached hydrogens (tertiary/aromatic N) is 1. The molecule has 0 atom stereocenters. The molecule has 1 aliphatic heterocycles. The Morgan fingerprint density at radius 3 is 2.91 bits per heavy atom. The predicted octanol–water partition coefficient (Wildman–Crippen LogP) is 1.39. The molecule has 1 fully saturated rings. The number of thiocarbonyl (C=S) groups is 1. The predicted molar refractivity (Wildman–Crippen MR) is 90.9 cm³/mol. The molecule has 126 valence electrons. The second-order valence-corrected chi connectivity index (χ2v) is 5.25. The van der Waals surface area contributed by atoms with Gasteiger partial charge in [-0.1, -0.05) is 0 Å². The maximum absolute atomic E-state index is 5.78. The van der Waals surface area contributed by atoms with Crippen LogP contribution in [0.1, 0.15) is 18.4 Å². The Balaban J connectivity index is 1.92. The van der Waals surface area contributed by atoms with Crippen LogP contribution in [-0.2, 0) is 9.47 Å². The summed E-state index contributed by atoms with van der Waals surface area (Å²) in [6.45, 7) is 1.93. The Labute approximate surface area is 140 Å². The van der Waals surface area contributed by atoms with Crippen LogP contribution >= 0.6 is 12.2 Å². The minimum Gasteiger partial charge on any atom is -0.493 e. The van der Waals surface area contributed by atoms with Crippen LogP contribution in [-0.4, -0.2) is 44.5 Å². The van der Waals surface area contributed by atoms with Crippen LogP contribution in [0.4, 0.5) is 0 Å². The average Bonchev–Trinajstić information content (AvgIpc) is 2.56. The van der Waals surface area contributed by atoms with Gasteiger partial charge >= 0.3 is 0 Å². The van der Waals surface area contributed by atoms with Crippen molar-refractivity contribution >= 4 is 23.5 Å². The highest BCUT2D eigenvalue weighted by Crippen LogP contribution is 2.28. The van der Waals surface area contributed by atoms with Crippen molar-refractivity contribution in [2.75, 3.05) is 26.9 Å². The standard InChI is InChI=1S/C15H21N3O4S/c1-19-12-4-3-11(10-17-18-15(16)23)9-13(12)20-8-5-14-21-6-2-7-22-14/h3-4,9-10,14H,2,5-8H2,1H3,(H3,16,18,23). The van der Waals surface area contributed by atoms with Gasteiger partial charge in [0.05, 0.1) is 33.1 Å². The van der Waals surface area contributed by atoms with Crippen molar-refractivity contribution in [3.63, 3.8) is 0 Å². The van der Waals surface area contributed by atoms with Crippen molar-refractivity contribution in [2.45, 2.75) is 19.1 Å². The molecule has 1 aliphatic rings. The summed E-state index contributed by atoms with van der Waals surface area (Å²) in [7, 11) is 1.59. The van der Waals surface area contributed by atoms with Crippen LogP contribution < -0.4 is 20.6 Å². The third-order valence-corrected chi connectivity index (χ3v) is 3.17. The first-order valence-corrected chi connectivity index (χ1v) is 7.72. The van der Waals surface area contributed by atoms with Crippen molar-refractivity contribution in [1.29, 1.82) is 0 Å². The largest absolute Gasteiger partial charge is 0.493 e. The van der Waals surface area contributed by atoms with E-state index in [4.69, 9.17) is 24.7 Å². The maximum Gasteiger partial charge on any atom is 0.184 e. The van der Waals surface area contributed by atoms with Gasteiger partial charge < -0.3 is 24.7 Å². The summed E-state index contributed by atoms with van der Waals surface area (Å²) in [5.74, 6) is 1.28. The van der Waals surface area contributed by atoms with E-state index in [1.165, 1.54) is 0 Å². The summed E-state index contributed by atoms with van der Waals surface area (Å²) < 4.78 is 22.0. The molecule has 0 unspecified atom stereocenters. The zero-order valence-electron chi connectivity index (χ0n) is 13.0. The summed E-state index contributed by atoms with van der Waals surface area (Å²) in [5, 5.41) is 4.02. The second kappa shape index (κ2) is 9.29. The highest BCUT2D eigenvalue weighted by atomic mass is 32.1. The summed E-state index contributed by atoms with van der Waals surface area (Å²) in [6, 6.07) is 5.49. The van der Waals surface area contributed by atoms with Gasteiger partial charge in [0.25, 0.3) is 0 Å². The number of nitrogens with one attached hydrogen (secondary N) is 1. The molecule has 0 bridgehead atoms. The zero-order chi connectivity index (χ0) is 16.5. The van der Waals surface area contributed by atoms with E-state index in [0.717, 1.165) is 25.2 Å². The van der Waals surface area contributed by atoms with Gasteiger partial charge in [-0.2, -0.15) is 5.10 Å². The first-order chi connectivity index (χ1) is 11.2. The topological polar surface area (TPSA) is 87.3 Å². The highest BCUT2D eigenvalue weighted by Gasteiger charge is 2.14. The molecule has 1 aromatic carbocycles. The van der Waals surface area contributed by atoms with Crippen molar-refractivity contribution in [3.8, 4) is 11.5 Å². The van der Waals surface area contributed by atoms with Gasteiger partial charge in [-0.25, -0.2) is 0 Å². The Morgan fingerprint density at radius 2 is 2.22 bits per heavy atom. The molecule has 0 spiro atoms. The lowest BCUT2D eigenvalue weighted by Gasteiger charge is -2.23. The van der Waals surface area contributed by atoms with Gasteiger partial charge in [0.15, 0.2) is 22.9 Å². The zero-order valence-corrected chi connectivity index (χ0v) is 13.8. The third-order valence-electron chi connectivity index (χ3n) is 3.08. The molecule has 2 rings (SSSR count). The minimum atomic E-state index is -0.200. The molecular formula is C15H21N3O4S. The lowest BCUT2D eigenvalue weighted by molar-refractivity contribution is -0.183. The molecule has 7 nitrogen and oxygen atoms in total. The Kier molecular flexibility index (Phi) is 7.05. The average molecular weight is 339 g/mol. The SMILES string of the molecule is COc1ccc(C=NNC(N)=S)cc1OCCC1OCCCO1. The van der Waals surface area contributed by atoms with E-state index in [1.54, 1.807) is 13.3 Å². The summed E-state index contributed by atoms with van der Waals surface area (Å²) in [4.78, 5) is 0. The van der Waals surface area contributed by atoms with E-state index >= 15 is 0 Å². The second-order valence-electron chi connectivity index (χ2n) is 4.81. The van der Waals surface area contributed by atoms with Gasteiger partial charge in [0.1, 0.15) is 0 Å². The number of benzene rings is 1. The Hall–Kier alpha value is -1.90. The van der Waals surface area contributed by atoms with E-state index in [9.17, 15) is 0 Å². The molecule has 0 saturated carbocycles. The Bertz CT molecular complexity index is 548. The smallest absolute Gasteiger partial charge is 0.184 e. The van der Waals surface area contributed by atoms with Crippen LogP contribution in [0.2, 0.25) is 0 Å². The van der Waals surface area contributed by atoms with Crippen molar-refractivity contribution < 1.29 is 18.9 Å². The van der Waals surface area contributed by atoms with Gasteiger partial charge in [0.2, 0.25) is 0 Å². The summed E-state index contributed by atoms with van der Waals surface area (Å²) in [6.07, 6.45) is 2.99. The van der Waals surface area contributed by atoms with Crippen molar-refractivity contribution in [2.24, 2.45) is 10.8 Å². The van der Waals surface area contributed by atoms with Gasteiger partial charge in [0, 0.05) is 6.42 Å². The van der Waals surface area contributed by atoms with Gasteiger partial charge in [-0.3, -0.25) is 5.43 Å². The molecular weight excluding hydrogens is 318 g/mol. The van der Waals surface area contributed by atoms with Crippen LogP contribution in [0.3, 0.4) is 0 Å². The Morgan fingerprint density at radius 1 is 1.43 bits per heavy atom. The minimum absolute atomic E-state index is 0.110. The molecule has 1 saturated heterocycles. The monoisotopic (exact) mass is 339 g/mol.